The minimum Gasteiger partial charge on any atom is -0.576 e. The van der Waals surface area contributed by atoms with Crippen LogP contribution in [0.1, 0.15) is 54.4 Å². The van der Waals surface area contributed by atoms with Crippen LogP contribution in [0.15, 0.2) is 35.8 Å². The SMILES string of the molecule is CC(C)(C)[Si](C)(C)OC1=[C-]CC=C1.CC(C)(C)[Si](C)(C)OC1=[C-]CC=C1.Cl.Cl.[Zr+2]. The molecule has 0 fully saturated rings. The van der Waals surface area contributed by atoms with Crippen molar-refractivity contribution >= 4 is 41.4 Å². The molecular formula is C22H40Cl2O2Si2Zr. The second-order valence-electron chi connectivity index (χ2n) is 10.0. The van der Waals surface area contributed by atoms with E-state index in [4.69, 9.17) is 8.85 Å². The number of hydrogen-bond donors (Lipinski definition) is 0. The van der Waals surface area contributed by atoms with Gasteiger partial charge in [0, 0.05) is 0 Å². The first-order valence-electron chi connectivity index (χ1n) is 9.58. The predicted molar refractivity (Wildman–Crippen MR) is 132 cm³/mol. The topological polar surface area (TPSA) is 18.5 Å². The summed E-state index contributed by atoms with van der Waals surface area (Å²) in [6.07, 6.45) is 16.4. The summed E-state index contributed by atoms with van der Waals surface area (Å²) in [7, 11) is -3.24. The van der Waals surface area contributed by atoms with Crippen LogP contribution in [0.5, 0.6) is 0 Å². The van der Waals surface area contributed by atoms with E-state index in [-0.39, 0.29) is 61.1 Å². The Labute approximate surface area is 213 Å². The molecule has 0 bridgehead atoms. The summed E-state index contributed by atoms with van der Waals surface area (Å²) >= 11 is 0. The number of hydrogen-bond acceptors (Lipinski definition) is 2. The molecule has 0 saturated carbocycles. The van der Waals surface area contributed by atoms with Gasteiger partial charge in [-0.05, 0) is 36.3 Å². The Morgan fingerprint density at radius 3 is 1.14 bits per heavy atom. The zero-order valence-corrected chi connectivity index (χ0v) is 25.9. The number of halogens is 2. The van der Waals surface area contributed by atoms with Crippen LogP contribution < -0.4 is 0 Å². The van der Waals surface area contributed by atoms with E-state index in [1.165, 1.54) is 0 Å². The van der Waals surface area contributed by atoms with Gasteiger partial charge >= 0.3 is 26.2 Å². The van der Waals surface area contributed by atoms with Crippen molar-refractivity contribution in [3.8, 4) is 0 Å². The molecule has 0 N–H and O–H groups in total. The van der Waals surface area contributed by atoms with Crippen LogP contribution in [0.4, 0.5) is 0 Å². The van der Waals surface area contributed by atoms with Gasteiger partial charge in [-0.1, -0.05) is 53.1 Å². The fourth-order valence-corrected chi connectivity index (χ4v) is 3.76. The van der Waals surface area contributed by atoms with Gasteiger partial charge in [0.2, 0.25) is 16.6 Å². The van der Waals surface area contributed by atoms with E-state index in [0.717, 1.165) is 24.4 Å². The fourth-order valence-electron chi connectivity index (χ4n) is 1.76. The maximum Gasteiger partial charge on any atom is 2.00 e. The fraction of sp³-hybridized carbons (Fsp3) is 0.636. The summed E-state index contributed by atoms with van der Waals surface area (Å²) in [6, 6.07) is 0. The second kappa shape index (κ2) is 13.1. The predicted octanol–water partition coefficient (Wildman–Crippen LogP) is 8.15. The molecule has 2 aliphatic rings. The Balaban J connectivity index is -0.000000422. The first-order chi connectivity index (χ1) is 11.7. The molecule has 0 aromatic rings. The van der Waals surface area contributed by atoms with Crippen molar-refractivity contribution in [2.75, 3.05) is 0 Å². The molecule has 0 aliphatic heterocycles. The van der Waals surface area contributed by atoms with Gasteiger partial charge in [0.25, 0.3) is 0 Å². The minimum atomic E-state index is -1.62. The molecule has 0 aromatic heterocycles. The Kier molecular flexibility index (Phi) is 15.4. The average Bonchev–Trinajstić information content (AvgIpc) is 3.09. The van der Waals surface area contributed by atoms with E-state index < -0.39 is 16.6 Å². The van der Waals surface area contributed by atoms with Crippen molar-refractivity contribution < 1.29 is 35.1 Å². The molecule has 7 heteroatoms. The normalized spacial score (nSPS) is 15.7. The van der Waals surface area contributed by atoms with Crippen LogP contribution >= 0.6 is 24.8 Å². The molecule has 0 heterocycles. The quantitative estimate of drug-likeness (QED) is 0.258. The molecule has 0 amide bonds. The molecule has 2 aliphatic carbocycles. The van der Waals surface area contributed by atoms with Gasteiger partial charge in [-0.2, -0.15) is 24.3 Å². The van der Waals surface area contributed by atoms with Gasteiger partial charge in [0.15, 0.2) is 0 Å². The average molecular weight is 555 g/mol. The summed E-state index contributed by atoms with van der Waals surface area (Å²) in [5.41, 5.74) is 0. The summed E-state index contributed by atoms with van der Waals surface area (Å²) < 4.78 is 12.0. The number of rotatable bonds is 4. The van der Waals surface area contributed by atoms with Gasteiger partial charge in [-0.25, -0.2) is 12.2 Å². The van der Waals surface area contributed by atoms with Gasteiger partial charge in [-0.3, -0.25) is 0 Å². The third kappa shape index (κ3) is 11.1. The smallest absolute Gasteiger partial charge is 0.576 e. The van der Waals surface area contributed by atoms with Gasteiger partial charge < -0.3 is 8.85 Å². The van der Waals surface area contributed by atoms with Crippen molar-refractivity contribution in [3.63, 3.8) is 0 Å². The van der Waals surface area contributed by atoms with Crippen LogP contribution in [0.25, 0.3) is 0 Å². The maximum atomic E-state index is 6.02. The van der Waals surface area contributed by atoms with Gasteiger partial charge in [-0.15, -0.1) is 37.7 Å². The monoisotopic (exact) mass is 552 g/mol. The largest absolute Gasteiger partial charge is 2.00 e. The Morgan fingerprint density at radius 2 is 0.966 bits per heavy atom. The maximum absolute atomic E-state index is 6.02. The van der Waals surface area contributed by atoms with Gasteiger partial charge in [0.1, 0.15) is 0 Å². The third-order valence-corrected chi connectivity index (χ3v) is 14.4. The molecule has 2 nitrogen and oxygen atoms in total. The van der Waals surface area contributed by atoms with Crippen molar-refractivity contribution in [2.24, 2.45) is 0 Å². The third-order valence-electron chi connectivity index (χ3n) is 5.67. The summed E-state index contributed by atoms with van der Waals surface area (Å²) in [6.45, 7) is 22.5. The van der Waals surface area contributed by atoms with Gasteiger partial charge in [0.05, 0.1) is 0 Å². The molecule has 0 aromatic carbocycles. The minimum absolute atomic E-state index is 0. The standard InChI is InChI=1S/2C11H19OSi.2ClH.Zr/c2*1-11(2,3)13(4,5)12-10-8-6-7-9-10;;;/h2*6,8H,7H2,1-5H3;2*1H;/q2*-1;;;+2. The zero-order chi connectivity index (χ0) is 20.2. The molecule has 166 valence electrons. The van der Waals surface area contributed by atoms with E-state index in [9.17, 15) is 0 Å². The number of allylic oxidation sites excluding steroid dienone is 6. The van der Waals surface area contributed by atoms with Crippen molar-refractivity contribution in [2.45, 2.75) is 90.6 Å². The Hall–Kier alpha value is 0.457. The molecule has 2 rings (SSSR count). The van der Waals surface area contributed by atoms with E-state index in [2.05, 4.69) is 92.0 Å². The zero-order valence-electron chi connectivity index (χ0n) is 19.9. The first kappa shape index (κ1) is 34.1. The second-order valence-corrected chi connectivity index (χ2v) is 19.5. The van der Waals surface area contributed by atoms with E-state index in [1.54, 1.807) is 0 Å². The summed E-state index contributed by atoms with van der Waals surface area (Å²) in [5, 5.41) is 0.552. The van der Waals surface area contributed by atoms with Crippen molar-refractivity contribution in [3.05, 3.63) is 48.0 Å². The Morgan fingerprint density at radius 1 is 0.690 bits per heavy atom. The molecular weight excluding hydrogens is 515 g/mol. The molecule has 0 unspecified atom stereocenters. The van der Waals surface area contributed by atoms with Crippen molar-refractivity contribution in [1.29, 1.82) is 0 Å². The summed E-state index contributed by atoms with van der Waals surface area (Å²) in [5.74, 6) is 1.90. The summed E-state index contributed by atoms with van der Waals surface area (Å²) in [4.78, 5) is 0. The van der Waals surface area contributed by atoms with Crippen LogP contribution in [0.2, 0.25) is 36.3 Å². The van der Waals surface area contributed by atoms with Crippen LogP contribution in [0, 0.1) is 12.2 Å². The first-order valence-corrected chi connectivity index (χ1v) is 15.4. The Bertz CT molecular complexity index is 557. The van der Waals surface area contributed by atoms with E-state index in [0.29, 0.717) is 0 Å². The molecule has 0 spiro atoms. The van der Waals surface area contributed by atoms with Crippen LogP contribution in [-0.2, 0) is 35.1 Å². The van der Waals surface area contributed by atoms with Crippen LogP contribution in [-0.4, -0.2) is 16.6 Å². The van der Waals surface area contributed by atoms with Crippen molar-refractivity contribution in [1.82, 2.24) is 0 Å². The molecule has 0 atom stereocenters. The molecule has 0 radical (unpaired) electrons. The van der Waals surface area contributed by atoms with E-state index >= 15 is 0 Å². The van der Waals surface area contributed by atoms with Crippen LogP contribution in [0.3, 0.4) is 0 Å². The molecule has 0 saturated heterocycles. The molecule has 29 heavy (non-hydrogen) atoms. The van der Waals surface area contributed by atoms with E-state index in [1.807, 2.05) is 12.2 Å².